The Morgan fingerprint density at radius 1 is 1.22 bits per heavy atom. The van der Waals surface area contributed by atoms with Gasteiger partial charge in [-0.25, -0.2) is 0 Å². The summed E-state index contributed by atoms with van der Waals surface area (Å²) in [5.74, 6) is 1.85. The fraction of sp³-hybridized carbons (Fsp3) is 0.333. The van der Waals surface area contributed by atoms with E-state index in [9.17, 15) is 0 Å². The van der Waals surface area contributed by atoms with Crippen molar-refractivity contribution in [3.63, 3.8) is 0 Å². The number of fused-ring (bicyclic) bond motifs is 4. The van der Waals surface area contributed by atoms with Crippen LogP contribution in [-0.2, 0) is 0 Å². The van der Waals surface area contributed by atoms with Gasteiger partial charge in [0.2, 0.25) is 0 Å². The number of nitrogens with one attached hydrogen (secondary N) is 1. The van der Waals surface area contributed by atoms with Crippen molar-refractivity contribution in [1.82, 2.24) is 4.98 Å². The van der Waals surface area contributed by atoms with Crippen LogP contribution in [0.4, 0.5) is 0 Å². The van der Waals surface area contributed by atoms with Gasteiger partial charge >= 0.3 is 0 Å². The molecule has 3 nitrogen and oxygen atoms in total. The maximum absolute atomic E-state index is 6.52. The molecule has 1 atom stereocenters. The van der Waals surface area contributed by atoms with Crippen molar-refractivity contribution >= 4 is 27.9 Å². The number of hydrogen-bond donors (Lipinski definition) is 1. The fourth-order valence-corrected chi connectivity index (χ4v) is 3.90. The van der Waals surface area contributed by atoms with E-state index in [0.717, 1.165) is 46.5 Å². The summed E-state index contributed by atoms with van der Waals surface area (Å²) < 4.78 is 11.9. The number of aryl methyl sites for hydroxylation is 1. The Labute approximate surface area is 160 Å². The number of allylic oxidation sites excluding steroid dienone is 2. The standard InChI is InChI=1S/C24H27NO2/c1-15(2)7-6-11-24(4)12-10-17-13-20-19-9-8-18(26-5)14-21(19)25-22(20)16(3)23(17)27-24/h7-10,12-14,25H,6,11H2,1-5H3. The van der Waals surface area contributed by atoms with Crippen molar-refractivity contribution in [3.05, 3.63) is 53.1 Å². The molecule has 3 aromatic rings. The van der Waals surface area contributed by atoms with E-state index in [1.165, 1.54) is 16.3 Å². The minimum atomic E-state index is -0.271. The van der Waals surface area contributed by atoms with Gasteiger partial charge in [0.25, 0.3) is 0 Å². The predicted octanol–water partition coefficient (Wildman–Crippen LogP) is 6.55. The lowest BCUT2D eigenvalue weighted by Crippen LogP contribution is -2.32. The summed E-state index contributed by atoms with van der Waals surface area (Å²) in [7, 11) is 1.70. The number of benzene rings is 2. The van der Waals surface area contributed by atoms with Crippen LogP contribution in [0.15, 0.2) is 42.0 Å². The number of aromatic amines is 1. The van der Waals surface area contributed by atoms with E-state index in [-0.39, 0.29) is 5.60 Å². The van der Waals surface area contributed by atoms with E-state index in [4.69, 9.17) is 9.47 Å². The molecule has 0 spiro atoms. The summed E-state index contributed by atoms with van der Waals surface area (Å²) in [5.41, 5.74) is 5.62. The van der Waals surface area contributed by atoms with Crippen molar-refractivity contribution < 1.29 is 9.47 Å². The van der Waals surface area contributed by atoms with Crippen molar-refractivity contribution in [3.8, 4) is 11.5 Å². The number of hydrogen-bond acceptors (Lipinski definition) is 2. The summed E-state index contributed by atoms with van der Waals surface area (Å²) in [6, 6.07) is 8.41. The molecule has 0 saturated carbocycles. The van der Waals surface area contributed by atoms with E-state index in [1.54, 1.807) is 7.11 Å². The Hall–Kier alpha value is -2.68. The highest BCUT2D eigenvalue weighted by Gasteiger charge is 2.29. The molecule has 140 valence electrons. The number of methoxy groups -OCH3 is 1. The second-order valence-corrected chi connectivity index (χ2v) is 7.95. The minimum absolute atomic E-state index is 0.271. The van der Waals surface area contributed by atoms with Gasteiger partial charge in [-0.05, 0) is 64.8 Å². The molecule has 4 rings (SSSR count). The highest BCUT2D eigenvalue weighted by atomic mass is 16.5. The van der Waals surface area contributed by atoms with Crippen LogP contribution in [-0.4, -0.2) is 17.7 Å². The monoisotopic (exact) mass is 361 g/mol. The third kappa shape index (κ3) is 3.12. The molecule has 0 bridgehead atoms. The Balaban J connectivity index is 1.78. The summed E-state index contributed by atoms with van der Waals surface area (Å²) in [6.45, 7) is 8.59. The van der Waals surface area contributed by atoms with Crippen LogP contribution in [0.5, 0.6) is 11.5 Å². The Morgan fingerprint density at radius 3 is 2.78 bits per heavy atom. The molecule has 0 fully saturated rings. The molecule has 0 saturated heterocycles. The van der Waals surface area contributed by atoms with Crippen LogP contribution < -0.4 is 9.47 Å². The van der Waals surface area contributed by atoms with Gasteiger partial charge in [-0.1, -0.05) is 17.7 Å². The molecule has 1 aliphatic heterocycles. The predicted molar refractivity (Wildman–Crippen MR) is 114 cm³/mol. The second kappa shape index (κ2) is 6.49. The first-order valence-electron chi connectivity index (χ1n) is 9.55. The zero-order valence-electron chi connectivity index (χ0n) is 16.8. The zero-order chi connectivity index (χ0) is 19.2. The van der Waals surface area contributed by atoms with Crippen molar-refractivity contribution in [2.75, 3.05) is 7.11 Å². The Bertz CT molecular complexity index is 1080. The molecular formula is C24H27NO2. The molecule has 2 aromatic carbocycles. The molecule has 1 aromatic heterocycles. The lowest BCUT2D eigenvalue weighted by atomic mass is 9.93. The molecular weight excluding hydrogens is 334 g/mol. The normalized spacial score (nSPS) is 18.4. The lowest BCUT2D eigenvalue weighted by Gasteiger charge is -2.32. The van der Waals surface area contributed by atoms with Crippen LogP contribution in [0, 0.1) is 6.92 Å². The maximum Gasteiger partial charge on any atom is 0.132 e. The van der Waals surface area contributed by atoms with Crippen LogP contribution in [0.1, 0.15) is 44.7 Å². The molecule has 3 heteroatoms. The van der Waals surface area contributed by atoms with Gasteiger partial charge in [0.05, 0.1) is 18.1 Å². The molecule has 0 radical (unpaired) electrons. The largest absolute Gasteiger partial charge is 0.497 e. The smallest absolute Gasteiger partial charge is 0.132 e. The van der Waals surface area contributed by atoms with Crippen molar-refractivity contribution in [1.29, 1.82) is 0 Å². The lowest BCUT2D eigenvalue weighted by molar-refractivity contribution is 0.128. The molecule has 0 amide bonds. The maximum atomic E-state index is 6.52. The summed E-state index contributed by atoms with van der Waals surface area (Å²) in [5, 5.41) is 2.44. The molecule has 2 heterocycles. The van der Waals surface area contributed by atoms with Crippen LogP contribution >= 0.6 is 0 Å². The first kappa shape index (κ1) is 17.7. The summed E-state index contributed by atoms with van der Waals surface area (Å²) in [4.78, 5) is 3.56. The van der Waals surface area contributed by atoms with Crippen LogP contribution in [0.3, 0.4) is 0 Å². The Morgan fingerprint density at radius 2 is 2.04 bits per heavy atom. The van der Waals surface area contributed by atoms with Gasteiger partial charge in [0.1, 0.15) is 17.1 Å². The fourth-order valence-electron chi connectivity index (χ4n) is 3.90. The molecule has 0 aliphatic carbocycles. The summed E-state index contributed by atoms with van der Waals surface area (Å²) in [6.07, 6.45) is 8.69. The van der Waals surface area contributed by atoms with Gasteiger partial charge in [-0.2, -0.15) is 0 Å². The molecule has 27 heavy (non-hydrogen) atoms. The van der Waals surface area contributed by atoms with Gasteiger partial charge in [-0.15, -0.1) is 0 Å². The molecule has 1 aliphatic rings. The van der Waals surface area contributed by atoms with Crippen molar-refractivity contribution in [2.24, 2.45) is 0 Å². The zero-order valence-corrected chi connectivity index (χ0v) is 16.8. The quantitative estimate of drug-likeness (QED) is 0.535. The number of rotatable bonds is 4. The number of aromatic nitrogens is 1. The molecule has 1 unspecified atom stereocenters. The third-order valence-electron chi connectivity index (χ3n) is 5.47. The highest BCUT2D eigenvalue weighted by molar-refractivity contribution is 6.10. The SMILES string of the molecule is COc1ccc2c(c1)[nH]c1c(C)c3c(cc12)C=CC(C)(CCC=C(C)C)O3. The third-order valence-corrected chi connectivity index (χ3v) is 5.47. The Kier molecular flexibility index (Phi) is 4.26. The second-order valence-electron chi connectivity index (χ2n) is 7.95. The van der Waals surface area contributed by atoms with Crippen LogP contribution in [0.2, 0.25) is 0 Å². The van der Waals surface area contributed by atoms with E-state index < -0.39 is 0 Å². The average molecular weight is 361 g/mol. The highest BCUT2D eigenvalue weighted by Crippen LogP contribution is 2.41. The van der Waals surface area contributed by atoms with Gasteiger partial charge < -0.3 is 14.5 Å². The first-order valence-corrected chi connectivity index (χ1v) is 9.55. The summed E-state index contributed by atoms with van der Waals surface area (Å²) >= 11 is 0. The van der Waals surface area contributed by atoms with Gasteiger partial charge in [-0.3, -0.25) is 0 Å². The average Bonchev–Trinajstić information content (AvgIpc) is 3.00. The topological polar surface area (TPSA) is 34.2 Å². The van der Waals surface area contributed by atoms with E-state index >= 15 is 0 Å². The van der Waals surface area contributed by atoms with E-state index in [1.807, 2.05) is 12.1 Å². The van der Waals surface area contributed by atoms with E-state index in [0.29, 0.717) is 0 Å². The van der Waals surface area contributed by atoms with Gasteiger partial charge in [0.15, 0.2) is 0 Å². The van der Waals surface area contributed by atoms with Crippen molar-refractivity contribution in [2.45, 2.75) is 46.1 Å². The first-order chi connectivity index (χ1) is 12.9. The van der Waals surface area contributed by atoms with Crippen LogP contribution in [0.25, 0.3) is 27.9 Å². The number of ether oxygens (including phenoxy) is 2. The van der Waals surface area contributed by atoms with E-state index in [2.05, 4.69) is 63.0 Å². The molecule has 1 N–H and O–H groups in total. The number of H-pyrrole nitrogens is 1. The van der Waals surface area contributed by atoms with Gasteiger partial charge in [0, 0.05) is 28.0 Å². The minimum Gasteiger partial charge on any atom is -0.497 e.